The molecular formula is C23H18ClNS2. The highest BCUT2D eigenvalue weighted by Crippen LogP contribution is 2.46. The van der Waals surface area contributed by atoms with Crippen molar-refractivity contribution in [3.8, 4) is 0 Å². The second-order valence-corrected chi connectivity index (χ2v) is 9.28. The first kappa shape index (κ1) is 18.4. The fraction of sp³-hybridized carbons (Fsp3) is 0.0870. The molecule has 0 spiro atoms. The standard InChI is InChI=1S/C23H18ClNS2/c1-16(18-11-13-19(24)14-12-18)26-23-25-21-10-6-5-9-20(21)22(27-23)15-17-7-3-2-4-8-17/h2-16H,1H3/b22-15-. The van der Waals surface area contributed by atoms with Crippen LogP contribution in [0.5, 0.6) is 0 Å². The van der Waals surface area contributed by atoms with Gasteiger partial charge < -0.3 is 0 Å². The zero-order chi connectivity index (χ0) is 18.6. The molecule has 1 aliphatic rings. The van der Waals surface area contributed by atoms with Crippen LogP contribution >= 0.6 is 35.1 Å². The van der Waals surface area contributed by atoms with Crippen molar-refractivity contribution in [2.45, 2.75) is 12.2 Å². The molecular weight excluding hydrogens is 390 g/mol. The molecule has 0 amide bonds. The van der Waals surface area contributed by atoms with Gasteiger partial charge in [0.2, 0.25) is 0 Å². The molecule has 0 saturated heterocycles. The van der Waals surface area contributed by atoms with Crippen LogP contribution < -0.4 is 0 Å². The number of rotatable bonds is 3. The summed E-state index contributed by atoms with van der Waals surface area (Å²) in [6.45, 7) is 2.21. The third kappa shape index (κ3) is 4.49. The molecule has 0 radical (unpaired) electrons. The zero-order valence-corrected chi connectivity index (χ0v) is 17.2. The van der Waals surface area contributed by atoms with Crippen LogP contribution in [0.1, 0.15) is 28.9 Å². The Balaban J connectivity index is 1.63. The third-order valence-corrected chi connectivity index (χ3v) is 6.83. The SMILES string of the molecule is CC(SC1=Nc2ccccc2/C(=C/c2ccccc2)S1)c1ccc(Cl)cc1. The Morgan fingerprint density at radius 3 is 2.41 bits per heavy atom. The van der Waals surface area contributed by atoms with E-state index in [1.54, 1.807) is 23.5 Å². The molecule has 4 rings (SSSR count). The molecule has 0 fully saturated rings. The summed E-state index contributed by atoms with van der Waals surface area (Å²) < 4.78 is 1.07. The van der Waals surface area contributed by atoms with E-state index in [-0.39, 0.29) is 0 Å². The average molecular weight is 408 g/mol. The fourth-order valence-corrected chi connectivity index (χ4v) is 5.44. The van der Waals surface area contributed by atoms with Crippen molar-refractivity contribution in [3.63, 3.8) is 0 Å². The van der Waals surface area contributed by atoms with Crippen LogP contribution in [-0.2, 0) is 0 Å². The van der Waals surface area contributed by atoms with Gasteiger partial charge in [0.25, 0.3) is 0 Å². The Morgan fingerprint density at radius 2 is 1.63 bits per heavy atom. The van der Waals surface area contributed by atoms with Gasteiger partial charge in [0.15, 0.2) is 0 Å². The lowest BCUT2D eigenvalue weighted by Gasteiger charge is -2.20. The highest BCUT2D eigenvalue weighted by atomic mass is 35.5. The maximum atomic E-state index is 6.02. The molecule has 0 N–H and O–H groups in total. The summed E-state index contributed by atoms with van der Waals surface area (Å²) in [6, 6.07) is 26.8. The van der Waals surface area contributed by atoms with Gasteiger partial charge in [-0.15, -0.1) is 0 Å². The molecule has 3 aromatic rings. The van der Waals surface area contributed by atoms with Crippen LogP contribution in [0.15, 0.2) is 83.9 Å². The van der Waals surface area contributed by atoms with Crippen molar-refractivity contribution in [2.24, 2.45) is 4.99 Å². The molecule has 3 aromatic carbocycles. The van der Waals surface area contributed by atoms with Gasteiger partial charge in [-0.3, -0.25) is 0 Å². The van der Waals surface area contributed by atoms with E-state index in [2.05, 4.69) is 67.6 Å². The van der Waals surface area contributed by atoms with E-state index >= 15 is 0 Å². The summed E-state index contributed by atoms with van der Waals surface area (Å²) in [5.41, 5.74) is 4.67. The highest BCUT2D eigenvalue weighted by Gasteiger charge is 2.20. The Labute approximate surface area is 173 Å². The Hall–Kier alpha value is -1.94. The molecule has 1 nitrogen and oxygen atoms in total. The van der Waals surface area contributed by atoms with Gasteiger partial charge in [0, 0.05) is 20.7 Å². The first-order chi connectivity index (χ1) is 13.2. The fourth-order valence-electron chi connectivity index (χ4n) is 2.86. The minimum atomic E-state index is 0.303. The quantitative estimate of drug-likeness (QED) is 0.435. The summed E-state index contributed by atoms with van der Waals surface area (Å²) >= 11 is 9.55. The lowest BCUT2D eigenvalue weighted by Crippen LogP contribution is -1.98. The third-order valence-electron chi connectivity index (χ3n) is 4.29. The average Bonchev–Trinajstić information content (AvgIpc) is 2.69. The molecule has 4 heteroatoms. The molecule has 0 saturated carbocycles. The van der Waals surface area contributed by atoms with Crippen molar-refractivity contribution in [1.29, 1.82) is 0 Å². The van der Waals surface area contributed by atoms with Gasteiger partial charge in [-0.1, -0.05) is 95.8 Å². The molecule has 0 aliphatic carbocycles. The van der Waals surface area contributed by atoms with Crippen molar-refractivity contribution in [1.82, 2.24) is 0 Å². The summed E-state index contributed by atoms with van der Waals surface area (Å²) in [7, 11) is 0. The maximum absolute atomic E-state index is 6.02. The maximum Gasteiger partial charge on any atom is 0.135 e. The Morgan fingerprint density at radius 1 is 0.926 bits per heavy atom. The Kier molecular flexibility index (Phi) is 5.72. The van der Waals surface area contributed by atoms with Crippen LogP contribution in [0.4, 0.5) is 5.69 Å². The summed E-state index contributed by atoms with van der Waals surface area (Å²) in [5.74, 6) is 0. The first-order valence-corrected chi connectivity index (χ1v) is 10.8. The molecule has 27 heavy (non-hydrogen) atoms. The monoisotopic (exact) mass is 407 g/mol. The lowest BCUT2D eigenvalue weighted by molar-refractivity contribution is 1.11. The summed E-state index contributed by atoms with van der Waals surface area (Å²) in [6.07, 6.45) is 2.24. The van der Waals surface area contributed by atoms with Crippen LogP contribution in [0.3, 0.4) is 0 Å². The summed E-state index contributed by atoms with van der Waals surface area (Å²) in [4.78, 5) is 6.13. The van der Waals surface area contributed by atoms with Crippen LogP contribution in [0.2, 0.25) is 5.02 Å². The molecule has 1 atom stereocenters. The first-order valence-electron chi connectivity index (χ1n) is 8.74. The molecule has 0 aromatic heterocycles. The van der Waals surface area contributed by atoms with E-state index in [4.69, 9.17) is 16.6 Å². The van der Waals surface area contributed by atoms with Crippen molar-refractivity contribution >= 4 is 56.2 Å². The Bertz CT molecular complexity index is 994. The van der Waals surface area contributed by atoms with Crippen LogP contribution in [0, 0.1) is 0 Å². The molecule has 1 unspecified atom stereocenters. The van der Waals surface area contributed by atoms with E-state index < -0.39 is 0 Å². The molecule has 134 valence electrons. The zero-order valence-electron chi connectivity index (χ0n) is 14.8. The van der Waals surface area contributed by atoms with Crippen molar-refractivity contribution < 1.29 is 0 Å². The number of benzene rings is 3. The smallest absolute Gasteiger partial charge is 0.135 e. The van der Waals surface area contributed by atoms with Crippen molar-refractivity contribution in [3.05, 3.63) is 101 Å². The normalized spacial score (nSPS) is 15.9. The molecule has 1 aliphatic heterocycles. The predicted molar refractivity (Wildman–Crippen MR) is 123 cm³/mol. The molecule has 0 bridgehead atoms. The van der Waals surface area contributed by atoms with E-state index in [1.807, 2.05) is 24.3 Å². The molecule has 1 heterocycles. The van der Waals surface area contributed by atoms with Crippen LogP contribution in [0.25, 0.3) is 11.0 Å². The number of hydrogen-bond acceptors (Lipinski definition) is 3. The number of hydrogen-bond donors (Lipinski definition) is 0. The van der Waals surface area contributed by atoms with Gasteiger partial charge in [-0.25, -0.2) is 4.99 Å². The van der Waals surface area contributed by atoms with Gasteiger partial charge in [-0.05, 0) is 42.3 Å². The largest absolute Gasteiger partial charge is 0.234 e. The highest BCUT2D eigenvalue weighted by molar-refractivity contribution is 8.42. The van der Waals surface area contributed by atoms with Gasteiger partial charge in [-0.2, -0.15) is 0 Å². The number of aliphatic imine (C=N–C) groups is 1. The van der Waals surface area contributed by atoms with E-state index in [9.17, 15) is 0 Å². The second kappa shape index (κ2) is 8.39. The van der Waals surface area contributed by atoms with Gasteiger partial charge in [0.05, 0.1) is 5.69 Å². The van der Waals surface area contributed by atoms with Gasteiger partial charge >= 0.3 is 0 Å². The number of halogens is 1. The van der Waals surface area contributed by atoms with E-state index in [0.717, 1.165) is 15.1 Å². The van der Waals surface area contributed by atoms with E-state index in [0.29, 0.717) is 5.25 Å². The number of thioether (sulfide) groups is 2. The lowest BCUT2D eigenvalue weighted by atomic mass is 10.1. The minimum Gasteiger partial charge on any atom is -0.234 e. The topological polar surface area (TPSA) is 12.4 Å². The summed E-state index contributed by atoms with van der Waals surface area (Å²) in [5, 5.41) is 1.07. The number of nitrogens with zero attached hydrogens (tertiary/aromatic N) is 1. The van der Waals surface area contributed by atoms with Crippen LogP contribution in [-0.4, -0.2) is 4.38 Å². The number of fused-ring (bicyclic) bond motifs is 1. The van der Waals surface area contributed by atoms with E-state index in [1.165, 1.54) is 21.6 Å². The minimum absolute atomic E-state index is 0.303. The predicted octanol–water partition coefficient (Wildman–Crippen LogP) is 8.07. The number of para-hydroxylation sites is 1. The van der Waals surface area contributed by atoms with Crippen molar-refractivity contribution in [2.75, 3.05) is 0 Å². The second-order valence-electron chi connectivity index (χ2n) is 6.23. The van der Waals surface area contributed by atoms with Gasteiger partial charge in [0.1, 0.15) is 4.38 Å².